The molecular weight excluding hydrogens is 322 g/mol. The normalized spacial score (nSPS) is 11.2. The topological polar surface area (TPSA) is 69.4 Å². The molecule has 0 aliphatic carbocycles. The molecule has 0 saturated heterocycles. The van der Waals surface area contributed by atoms with Crippen LogP contribution >= 0.6 is 0 Å². The Kier molecular flexibility index (Phi) is 5.38. The number of hydrogen-bond donors (Lipinski definition) is 3. The second kappa shape index (κ2) is 7.70. The van der Waals surface area contributed by atoms with E-state index in [1.165, 1.54) is 23.8 Å². The maximum Gasteiger partial charge on any atom is 0.178 e. The van der Waals surface area contributed by atoms with Crippen molar-refractivity contribution in [3.05, 3.63) is 47.9 Å². The summed E-state index contributed by atoms with van der Waals surface area (Å²) in [7, 11) is 0. The predicted octanol–water partition coefficient (Wildman–Crippen LogP) is 4.94. The highest BCUT2D eigenvalue weighted by atomic mass is 15.0. The number of aryl methyl sites for hydroxylation is 1. The molecule has 0 aliphatic rings. The van der Waals surface area contributed by atoms with E-state index in [2.05, 4.69) is 56.4 Å². The molecule has 0 bridgehead atoms. The largest absolute Gasteiger partial charge is 0.354 e. The van der Waals surface area contributed by atoms with E-state index in [0.717, 1.165) is 46.9 Å². The number of imidazole rings is 1. The van der Waals surface area contributed by atoms with Crippen molar-refractivity contribution in [1.82, 2.24) is 25.3 Å². The van der Waals surface area contributed by atoms with Gasteiger partial charge in [0.2, 0.25) is 0 Å². The average molecular weight is 349 g/mol. The molecule has 26 heavy (non-hydrogen) atoms. The van der Waals surface area contributed by atoms with Crippen molar-refractivity contribution in [2.75, 3.05) is 6.54 Å². The fourth-order valence-electron chi connectivity index (χ4n) is 3.22. The minimum absolute atomic E-state index is 0. The molecule has 0 atom stereocenters. The van der Waals surface area contributed by atoms with Crippen LogP contribution in [0.5, 0.6) is 0 Å². The number of aromatic amines is 2. The summed E-state index contributed by atoms with van der Waals surface area (Å²) in [6.07, 6.45) is 4.26. The van der Waals surface area contributed by atoms with Gasteiger partial charge in [-0.25, -0.2) is 9.97 Å². The summed E-state index contributed by atoms with van der Waals surface area (Å²) < 4.78 is 0. The number of benzene rings is 1. The van der Waals surface area contributed by atoms with Gasteiger partial charge in [-0.3, -0.25) is 0 Å². The van der Waals surface area contributed by atoms with Crippen molar-refractivity contribution in [3.63, 3.8) is 0 Å². The van der Waals surface area contributed by atoms with Gasteiger partial charge in [0.05, 0.1) is 5.52 Å². The summed E-state index contributed by atoms with van der Waals surface area (Å²) >= 11 is 0. The summed E-state index contributed by atoms with van der Waals surface area (Å²) in [5.41, 5.74) is 6.38. The third kappa shape index (κ3) is 3.48. The van der Waals surface area contributed by atoms with Gasteiger partial charge in [-0.05, 0) is 49.7 Å². The summed E-state index contributed by atoms with van der Waals surface area (Å²) in [4.78, 5) is 15.6. The molecule has 4 aromatic rings. The van der Waals surface area contributed by atoms with Crippen molar-refractivity contribution < 1.29 is 0 Å². The Balaban J connectivity index is 0.00000196. The maximum absolute atomic E-state index is 4.43. The fraction of sp³-hybridized carbons (Fsp3) is 0.333. The standard InChI is InChI=1S/C20H23N5.CH4/c1-3-4-8-21-12-14-5-6-17-15(10-14)11-18(25-17)16-7-9-22-20-19(16)23-13(2)24-20;/h5-7,9-11,21,25H,3-4,8,12H2,1-2H3,(H,22,23,24);1H4. The third-order valence-corrected chi connectivity index (χ3v) is 4.52. The Morgan fingerprint density at radius 2 is 2.00 bits per heavy atom. The zero-order chi connectivity index (χ0) is 17.2. The summed E-state index contributed by atoms with van der Waals surface area (Å²) in [6, 6.07) is 10.8. The van der Waals surface area contributed by atoms with Crippen LogP contribution in [0.15, 0.2) is 36.5 Å². The molecule has 1 aromatic carbocycles. The first-order chi connectivity index (χ1) is 12.2. The molecule has 5 nitrogen and oxygen atoms in total. The molecule has 0 radical (unpaired) electrons. The van der Waals surface area contributed by atoms with Crippen LogP contribution in [0.2, 0.25) is 0 Å². The van der Waals surface area contributed by atoms with Crippen LogP contribution in [0.1, 0.15) is 38.6 Å². The van der Waals surface area contributed by atoms with E-state index in [-0.39, 0.29) is 7.43 Å². The number of rotatable bonds is 6. The quantitative estimate of drug-likeness (QED) is 0.432. The van der Waals surface area contributed by atoms with Gasteiger partial charge in [-0.15, -0.1) is 0 Å². The number of nitrogens with zero attached hydrogens (tertiary/aromatic N) is 2. The molecule has 4 rings (SSSR count). The molecule has 0 saturated carbocycles. The Hall–Kier alpha value is -2.66. The first-order valence-electron chi connectivity index (χ1n) is 8.88. The van der Waals surface area contributed by atoms with E-state index >= 15 is 0 Å². The van der Waals surface area contributed by atoms with Crippen molar-refractivity contribution >= 4 is 22.1 Å². The number of H-pyrrole nitrogens is 2. The first-order valence-corrected chi connectivity index (χ1v) is 8.88. The average Bonchev–Trinajstić information content (AvgIpc) is 3.20. The van der Waals surface area contributed by atoms with E-state index in [1.54, 1.807) is 0 Å². The molecule has 3 N–H and O–H groups in total. The fourth-order valence-corrected chi connectivity index (χ4v) is 3.22. The molecule has 0 spiro atoms. The van der Waals surface area contributed by atoms with Gasteiger partial charge < -0.3 is 15.3 Å². The lowest BCUT2D eigenvalue weighted by atomic mass is 10.1. The van der Waals surface area contributed by atoms with Gasteiger partial charge in [0.1, 0.15) is 5.82 Å². The lowest BCUT2D eigenvalue weighted by Crippen LogP contribution is -2.14. The zero-order valence-electron chi connectivity index (χ0n) is 14.7. The van der Waals surface area contributed by atoms with Gasteiger partial charge in [0.25, 0.3) is 0 Å². The Labute approximate surface area is 154 Å². The summed E-state index contributed by atoms with van der Waals surface area (Å²) in [6.45, 7) is 6.15. The third-order valence-electron chi connectivity index (χ3n) is 4.52. The molecule has 0 aliphatic heterocycles. The highest BCUT2D eigenvalue weighted by Crippen LogP contribution is 2.29. The molecule has 3 aromatic heterocycles. The smallest absolute Gasteiger partial charge is 0.178 e. The van der Waals surface area contributed by atoms with Gasteiger partial charge in [0, 0.05) is 34.9 Å². The van der Waals surface area contributed by atoms with Crippen molar-refractivity contribution in [3.8, 4) is 11.3 Å². The maximum atomic E-state index is 4.43. The van der Waals surface area contributed by atoms with Crippen molar-refractivity contribution in [2.24, 2.45) is 0 Å². The second-order valence-corrected chi connectivity index (χ2v) is 6.51. The van der Waals surface area contributed by atoms with Crippen molar-refractivity contribution in [1.29, 1.82) is 0 Å². The Morgan fingerprint density at radius 3 is 2.85 bits per heavy atom. The van der Waals surface area contributed by atoms with Crippen LogP contribution in [-0.2, 0) is 6.54 Å². The van der Waals surface area contributed by atoms with Crippen LogP contribution in [-0.4, -0.2) is 26.5 Å². The molecular formula is C21H27N5. The first kappa shape index (κ1) is 18.1. The SMILES string of the molecule is C.CCCCNCc1ccc2[nH]c(-c3ccnc4nc(C)[nH]c34)cc2c1. The molecule has 0 fully saturated rings. The second-order valence-electron chi connectivity index (χ2n) is 6.51. The zero-order valence-corrected chi connectivity index (χ0v) is 14.7. The molecule has 5 heteroatoms. The highest BCUT2D eigenvalue weighted by molar-refractivity contribution is 5.94. The van der Waals surface area contributed by atoms with Crippen LogP contribution in [0.3, 0.4) is 0 Å². The lowest BCUT2D eigenvalue weighted by Gasteiger charge is -2.03. The number of hydrogen-bond acceptors (Lipinski definition) is 3. The minimum Gasteiger partial charge on any atom is -0.354 e. The molecule has 136 valence electrons. The molecule has 3 heterocycles. The summed E-state index contributed by atoms with van der Waals surface area (Å²) in [5, 5.41) is 4.73. The summed E-state index contributed by atoms with van der Waals surface area (Å²) in [5.74, 6) is 0.881. The van der Waals surface area contributed by atoms with Gasteiger partial charge in [-0.2, -0.15) is 0 Å². The van der Waals surface area contributed by atoms with Gasteiger partial charge >= 0.3 is 0 Å². The predicted molar refractivity (Wildman–Crippen MR) is 109 cm³/mol. The van der Waals surface area contributed by atoms with E-state index in [1.807, 2.05) is 19.2 Å². The number of fused-ring (bicyclic) bond motifs is 2. The molecule has 0 unspecified atom stereocenters. The Morgan fingerprint density at radius 1 is 1.12 bits per heavy atom. The van der Waals surface area contributed by atoms with E-state index < -0.39 is 0 Å². The van der Waals surface area contributed by atoms with Gasteiger partial charge in [0.15, 0.2) is 5.65 Å². The van der Waals surface area contributed by atoms with Gasteiger partial charge in [-0.1, -0.05) is 26.8 Å². The molecule has 0 amide bonds. The van der Waals surface area contributed by atoms with Crippen LogP contribution in [0.25, 0.3) is 33.3 Å². The number of pyridine rings is 1. The van der Waals surface area contributed by atoms with E-state index in [4.69, 9.17) is 0 Å². The number of aromatic nitrogens is 4. The highest BCUT2D eigenvalue weighted by Gasteiger charge is 2.11. The van der Waals surface area contributed by atoms with Crippen LogP contribution in [0.4, 0.5) is 0 Å². The Bertz CT molecular complexity index is 1010. The van der Waals surface area contributed by atoms with E-state index in [0.29, 0.717) is 0 Å². The minimum atomic E-state index is 0. The van der Waals surface area contributed by atoms with Crippen LogP contribution < -0.4 is 5.32 Å². The lowest BCUT2D eigenvalue weighted by molar-refractivity contribution is 0.642. The number of nitrogens with one attached hydrogen (secondary N) is 3. The van der Waals surface area contributed by atoms with Crippen LogP contribution in [0, 0.1) is 6.92 Å². The monoisotopic (exact) mass is 349 g/mol. The number of unbranched alkanes of at least 4 members (excludes halogenated alkanes) is 1. The van der Waals surface area contributed by atoms with Crippen molar-refractivity contribution in [2.45, 2.75) is 40.7 Å². The van der Waals surface area contributed by atoms with E-state index in [9.17, 15) is 0 Å².